The van der Waals surface area contributed by atoms with E-state index in [4.69, 9.17) is 11.6 Å². The van der Waals surface area contributed by atoms with Gasteiger partial charge in [0.05, 0.1) is 15.8 Å². The van der Waals surface area contributed by atoms with Crippen molar-refractivity contribution in [3.63, 3.8) is 0 Å². The highest BCUT2D eigenvalue weighted by atomic mass is 35.5. The van der Waals surface area contributed by atoms with E-state index in [0.29, 0.717) is 16.3 Å². The van der Waals surface area contributed by atoms with Crippen molar-refractivity contribution in [1.82, 2.24) is 0 Å². The van der Waals surface area contributed by atoms with Crippen LogP contribution in [-0.2, 0) is 9.84 Å². The molecule has 30 heavy (non-hydrogen) atoms. The van der Waals surface area contributed by atoms with Crippen LogP contribution in [0, 0.1) is 0 Å². The number of nitrogens with one attached hydrogen (secondary N) is 1. The summed E-state index contributed by atoms with van der Waals surface area (Å²) >= 11 is 6.07. The molecule has 0 heterocycles. The highest BCUT2D eigenvalue weighted by Gasteiger charge is 2.20. The van der Waals surface area contributed by atoms with Gasteiger partial charge in [0.25, 0.3) is 5.91 Å². The summed E-state index contributed by atoms with van der Waals surface area (Å²) in [5.74, 6) is -0.736. The van der Waals surface area contributed by atoms with Gasteiger partial charge in [-0.3, -0.25) is 9.59 Å². The highest BCUT2D eigenvalue weighted by Crippen LogP contribution is 2.25. The van der Waals surface area contributed by atoms with E-state index in [1.54, 1.807) is 56.3 Å². The van der Waals surface area contributed by atoms with E-state index in [1.807, 2.05) is 0 Å². The molecule has 7 heteroatoms. The number of hydrogen-bond acceptors (Lipinski definition) is 4. The predicted molar refractivity (Wildman–Crippen MR) is 118 cm³/mol. The summed E-state index contributed by atoms with van der Waals surface area (Å²) in [5.41, 5.74) is 1.32. The maximum Gasteiger partial charge on any atom is 0.255 e. The summed E-state index contributed by atoms with van der Waals surface area (Å²) in [6, 6.07) is 19.0. The van der Waals surface area contributed by atoms with Gasteiger partial charge in [0, 0.05) is 21.7 Å². The van der Waals surface area contributed by atoms with E-state index in [9.17, 15) is 18.0 Å². The minimum Gasteiger partial charge on any atom is -0.321 e. The molecule has 0 aliphatic carbocycles. The molecule has 0 unspecified atom stereocenters. The zero-order chi connectivity index (χ0) is 21.9. The third-order valence-electron chi connectivity index (χ3n) is 4.58. The fourth-order valence-corrected chi connectivity index (χ4v) is 4.05. The molecule has 1 N–H and O–H groups in total. The van der Waals surface area contributed by atoms with Gasteiger partial charge < -0.3 is 5.32 Å². The monoisotopic (exact) mass is 441 g/mol. The largest absolute Gasteiger partial charge is 0.321 e. The maximum absolute atomic E-state index is 12.9. The number of ketones is 1. The van der Waals surface area contributed by atoms with Gasteiger partial charge in [-0.05, 0) is 56.3 Å². The third kappa shape index (κ3) is 4.61. The Bertz CT molecular complexity index is 1190. The van der Waals surface area contributed by atoms with Crippen LogP contribution in [0.15, 0.2) is 77.7 Å². The van der Waals surface area contributed by atoms with Crippen LogP contribution >= 0.6 is 11.6 Å². The molecule has 3 rings (SSSR count). The van der Waals surface area contributed by atoms with Crippen LogP contribution in [0.25, 0.3) is 0 Å². The van der Waals surface area contributed by atoms with Crippen molar-refractivity contribution >= 4 is 38.8 Å². The number of hydrogen-bond donors (Lipinski definition) is 1. The van der Waals surface area contributed by atoms with Crippen molar-refractivity contribution in [1.29, 1.82) is 0 Å². The Kier molecular flexibility index (Phi) is 6.39. The molecule has 154 valence electrons. The molecule has 0 saturated heterocycles. The molecular weight excluding hydrogens is 422 g/mol. The number of anilines is 1. The average molecular weight is 442 g/mol. The Labute approximate surface area is 180 Å². The van der Waals surface area contributed by atoms with E-state index < -0.39 is 21.0 Å². The lowest BCUT2D eigenvalue weighted by molar-refractivity contribution is 0.102. The first-order valence-corrected chi connectivity index (χ1v) is 11.2. The van der Waals surface area contributed by atoms with E-state index in [1.165, 1.54) is 30.3 Å². The second kappa shape index (κ2) is 8.81. The summed E-state index contributed by atoms with van der Waals surface area (Å²) in [7, 11) is -3.42. The number of rotatable bonds is 6. The Balaban J connectivity index is 1.88. The molecule has 0 bridgehead atoms. The van der Waals surface area contributed by atoms with E-state index in [-0.39, 0.29) is 21.8 Å². The van der Waals surface area contributed by atoms with Crippen molar-refractivity contribution < 1.29 is 18.0 Å². The summed E-state index contributed by atoms with van der Waals surface area (Å²) in [5, 5.41) is 2.53. The van der Waals surface area contributed by atoms with Crippen LogP contribution in [0.1, 0.15) is 40.1 Å². The van der Waals surface area contributed by atoms with Gasteiger partial charge in [-0.15, -0.1) is 0 Å². The number of benzene rings is 3. The molecule has 0 aliphatic rings. The highest BCUT2D eigenvalue weighted by molar-refractivity contribution is 7.92. The summed E-state index contributed by atoms with van der Waals surface area (Å²) < 4.78 is 24.5. The number of carbonyl (C=O) groups is 2. The molecule has 1 amide bonds. The Morgan fingerprint density at radius 1 is 0.867 bits per heavy atom. The standard InChI is InChI=1S/C23H20ClNO4S/c1-15(2)30(28,29)19-11-8-17(9-12-19)23(27)25-21-13-10-18(24)14-20(21)22(26)16-6-4-3-5-7-16/h3-15H,1-2H3,(H,25,27). The molecule has 0 radical (unpaired) electrons. The van der Waals surface area contributed by atoms with Gasteiger partial charge in [-0.25, -0.2) is 8.42 Å². The lowest BCUT2D eigenvalue weighted by Gasteiger charge is -2.12. The van der Waals surface area contributed by atoms with Crippen LogP contribution < -0.4 is 5.32 Å². The van der Waals surface area contributed by atoms with Gasteiger partial charge in [0.2, 0.25) is 0 Å². The van der Waals surface area contributed by atoms with Crippen molar-refractivity contribution in [3.8, 4) is 0 Å². The zero-order valence-corrected chi connectivity index (χ0v) is 18.0. The topological polar surface area (TPSA) is 80.3 Å². The van der Waals surface area contributed by atoms with Crippen LogP contribution in [0.5, 0.6) is 0 Å². The smallest absolute Gasteiger partial charge is 0.255 e. The normalized spacial score (nSPS) is 11.3. The first kappa shape index (κ1) is 21.7. The molecule has 5 nitrogen and oxygen atoms in total. The fourth-order valence-electron chi connectivity index (χ4n) is 2.82. The van der Waals surface area contributed by atoms with Crippen molar-refractivity contribution in [2.24, 2.45) is 0 Å². The zero-order valence-electron chi connectivity index (χ0n) is 16.4. The Morgan fingerprint density at radius 3 is 2.10 bits per heavy atom. The minimum atomic E-state index is -3.42. The molecule has 0 saturated carbocycles. The number of sulfone groups is 1. The Morgan fingerprint density at radius 2 is 1.50 bits per heavy atom. The molecule has 0 atom stereocenters. The van der Waals surface area contributed by atoms with Gasteiger partial charge >= 0.3 is 0 Å². The summed E-state index contributed by atoms with van der Waals surface area (Å²) in [6.07, 6.45) is 0. The van der Waals surface area contributed by atoms with Crippen molar-refractivity contribution in [2.45, 2.75) is 24.0 Å². The second-order valence-electron chi connectivity index (χ2n) is 6.96. The van der Waals surface area contributed by atoms with E-state index in [2.05, 4.69) is 5.32 Å². The lowest BCUT2D eigenvalue weighted by Crippen LogP contribution is -2.16. The summed E-state index contributed by atoms with van der Waals surface area (Å²) in [4.78, 5) is 25.7. The molecule has 0 aliphatic heterocycles. The lowest BCUT2D eigenvalue weighted by atomic mass is 10.0. The van der Waals surface area contributed by atoms with Gasteiger partial charge in [-0.2, -0.15) is 0 Å². The van der Waals surface area contributed by atoms with E-state index in [0.717, 1.165) is 0 Å². The van der Waals surface area contributed by atoms with Gasteiger partial charge in [0.1, 0.15) is 0 Å². The predicted octanol–water partition coefficient (Wildman–Crippen LogP) is 5.01. The fraction of sp³-hybridized carbons (Fsp3) is 0.130. The molecular formula is C23H20ClNO4S. The van der Waals surface area contributed by atoms with Crippen LogP contribution in [0.4, 0.5) is 5.69 Å². The van der Waals surface area contributed by atoms with Gasteiger partial charge in [0.15, 0.2) is 15.6 Å². The van der Waals surface area contributed by atoms with E-state index >= 15 is 0 Å². The van der Waals surface area contributed by atoms with Crippen LogP contribution in [0.3, 0.4) is 0 Å². The Hall–Kier alpha value is -2.96. The van der Waals surface area contributed by atoms with Crippen LogP contribution in [-0.4, -0.2) is 25.4 Å². The molecule has 0 spiro atoms. The molecule has 3 aromatic rings. The summed E-state index contributed by atoms with van der Waals surface area (Å²) in [6.45, 7) is 3.20. The average Bonchev–Trinajstić information content (AvgIpc) is 2.75. The van der Waals surface area contributed by atoms with Crippen molar-refractivity contribution in [3.05, 3.63) is 94.5 Å². The van der Waals surface area contributed by atoms with Gasteiger partial charge in [-0.1, -0.05) is 41.9 Å². The minimum absolute atomic E-state index is 0.153. The number of carbonyl (C=O) groups excluding carboxylic acids is 2. The number of amides is 1. The maximum atomic E-state index is 12.9. The van der Waals surface area contributed by atoms with Crippen molar-refractivity contribution in [2.75, 3.05) is 5.32 Å². The second-order valence-corrected chi connectivity index (χ2v) is 9.90. The molecule has 0 aromatic heterocycles. The quantitative estimate of drug-likeness (QED) is 0.545. The molecule has 0 fully saturated rings. The first-order chi connectivity index (χ1) is 14.2. The van der Waals surface area contributed by atoms with Crippen LogP contribution in [0.2, 0.25) is 5.02 Å². The third-order valence-corrected chi connectivity index (χ3v) is 6.98. The number of halogens is 1. The SMILES string of the molecule is CC(C)S(=O)(=O)c1ccc(C(=O)Nc2ccc(Cl)cc2C(=O)c2ccccc2)cc1. The first-order valence-electron chi connectivity index (χ1n) is 9.25. The molecule has 3 aromatic carbocycles.